The molecule has 0 aromatic heterocycles. The Hall–Kier alpha value is -3.35. The van der Waals surface area contributed by atoms with E-state index in [1.165, 1.54) is 0 Å². The minimum atomic E-state index is -1.08. The Kier molecular flexibility index (Phi) is 6.95. The topological polar surface area (TPSA) is 105 Å². The van der Waals surface area contributed by atoms with Crippen LogP contribution in [0, 0.1) is 5.92 Å². The van der Waals surface area contributed by atoms with Crippen LogP contribution in [0.25, 0.3) is 11.1 Å². The van der Waals surface area contributed by atoms with Gasteiger partial charge in [-0.3, -0.25) is 4.79 Å². The number of nitrogens with one attached hydrogen (secondary N) is 2. The number of rotatable bonds is 8. The highest BCUT2D eigenvalue weighted by atomic mass is 16.5. The number of carbonyl (C=O) groups is 3. The summed E-state index contributed by atoms with van der Waals surface area (Å²) >= 11 is 0. The molecule has 3 rings (SSSR count). The van der Waals surface area contributed by atoms with Gasteiger partial charge in [-0.2, -0.15) is 0 Å². The Morgan fingerprint density at radius 1 is 0.968 bits per heavy atom. The summed E-state index contributed by atoms with van der Waals surface area (Å²) in [5.74, 6) is -2.18. The zero-order chi connectivity index (χ0) is 22.5. The van der Waals surface area contributed by atoms with Gasteiger partial charge in [0.15, 0.2) is 0 Å². The number of benzene rings is 2. The summed E-state index contributed by atoms with van der Waals surface area (Å²) in [5, 5.41) is 14.3. The van der Waals surface area contributed by atoms with E-state index in [0.717, 1.165) is 22.3 Å². The molecule has 2 aromatic rings. The number of amides is 2. The van der Waals surface area contributed by atoms with Crippen molar-refractivity contribution < 1.29 is 24.2 Å². The van der Waals surface area contributed by atoms with Crippen LogP contribution in [0.5, 0.6) is 0 Å². The van der Waals surface area contributed by atoms with E-state index in [4.69, 9.17) is 9.84 Å². The lowest BCUT2D eigenvalue weighted by molar-refractivity contribution is -0.142. The second-order valence-corrected chi connectivity index (χ2v) is 7.85. The molecule has 1 aliphatic carbocycles. The van der Waals surface area contributed by atoms with Gasteiger partial charge in [-0.05, 0) is 35.6 Å². The molecule has 0 aliphatic heterocycles. The van der Waals surface area contributed by atoms with E-state index in [9.17, 15) is 14.4 Å². The third kappa shape index (κ3) is 4.87. The van der Waals surface area contributed by atoms with Crippen molar-refractivity contribution in [3.05, 3.63) is 59.7 Å². The van der Waals surface area contributed by atoms with Crippen molar-refractivity contribution in [3.8, 4) is 11.1 Å². The van der Waals surface area contributed by atoms with Crippen LogP contribution in [0.4, 0.5) is 4.79 Å². The molecule has 0 fully saturated rings. The van der Waals surface area contributed by atoms with Crippen molar-refractivity contribution in [2.24, 2.45) is 5.92 Å². The summed E-state index contributed by atoms with van der Waals surface area (Å²) in [6.45, 7) is 5.19. The minimum Gasteiger partial charge on any atom is -0.480 e. The van der Waals surface area contributed by atoms with Gasteiger partial charge < -0.3 is 20.5 Å². The van der Waals surface area contributed by atoms with Crippen molar-refractivity contribution in [1.82, 2.24) is 10.6 Å². The summed E-state index contributed by atoms with van der Waals surface area (Å²) in [6, 6.07) is 14.7. The van der Waals surface area contributed by atoms with Gasteiger partial charge in [0.2, 0.25) is 5.91 Å². The molecule has 164 valence electrons. The highest BCUT2D eigenvalue weighted by Crippen LogP contribution is 2.44. The molecular formula is C24H28N2O5. The van der Waals surface area contributed by atoms with Crippen molar-refractivity contribution in [3.63, 3.8) is 0 Å². The van der Waals surface area contributed by atoms with Crippen LogP contribution in [0.3, 0.4) is 0 Å². The number of carboxylic acids is 1. The first-order valence-corrected chi connectivity index (χ1v) is 10.5. The van der Waals surface area contributed by atoms with E-state index < -0.39 is 36.0 Å². The molecule has 31 heavy (non-hydrogen) atoms. The second-order valence-electron chi connectivity index (χ2n) is 7.85. The summed E-state index contributed by atoms with van der Waals surface area (Å²) in [5.41, 5.74) is 4.54. The van der Waals surface area contributed by atoms with Gasteiger partial charge in [-0.1, -0.05) is 62.4 Å². The molecule has 7 heteroatoms. The second kappa shape index (κ2) is 9.64. The van der Waals surface area contributed by atoms with Crippen LogP contribution < -0.4 is 10.6 Å². The molecule has 7 nitrogen and oxygen atoms in total. The van der Waals surface area contributed by atoms with Crippen LogP contribution >= 0.6 is 0 Å². The zero-order valence-corrected chi connectivity index (χ0v) is 17.9. The Labute approximate surface area is 181 Å². The van der Waals surface area contributed by atoms with Crippen molar-refractivity contribution in [2.45, 2.75) is 45.2 Å². The number of hydrogen-bond donors (Lipinski definition) is 3. The molecule has 2 amide bonds. The summed E-state index contributed by atoms with van der Waals surface area (Å²) in [4.78, 5) is 35.8. The SMILES string of the molecule is CCC(NC(=O)C(C)C(C)NC(=O)OCC1c2ccccc2-c2ccccc21)C(=O)O. The van der Waals surface area contributed by atoms with Crippen LogP contribution in [0.2, 0.25) is 0 Å². The Morgan fingerprint density at radius 2 is 1.52 bits per heavy atom. The fraction of sp³-hybridized carbons (Fsp3) is 0.375. The molecule has 2 aromatic carbocycles. The van der Waals surface area contributed by atoms with E-state index in [1.54, 1.807) is 20.8 Å². The average molecular weight is 424 g/mol. The number of hydrogen-bond acceptors (Lipinski definition) is 4. The largest absolute Gasteiger partial charge is 0.480 e. The number of fused-ring (bicyclic) bond motifs is 3. The van der Waals surface area contributed by atoms with Crippen LogP contribution in [0.1, 0.15) is 44.2 Å². The first-order valence-electron chi connectivity index (χ1n) is 10.5. The first-order chi connectivity index (χ1) is 14.8. The molecule has 0 saturated heterocycles. The molecule has 0 bridgehead atoms. The predicted octanol–water partition coefficient (Wildman–Crippen LogP) is 3.53. The number of carbonyl (C=O) groups excluding carboxylic acids is 2. The van der Waals surface area contributed by atoms with E-state index in [2.05, 4.69) is 22.8 Å². The van der Waals surface area contributed by atoms with Gasteiger partial charge in [0.05, 0.1) is 5.92 Å². The molecule has 0 heterocycles. The lowest BCUT2D eigenvalue weighted by Gasteiger charge is -2.23. The van der Waals surface area contributed by atoms with E-state index in [0.29, 0.717) is 0 Å². The van der Waals surface area contributed by atoms with Gasteiger partial charge >= 0.3 is 12.1 Å². The van der Waals surface area contributed by atoms with Gasteiger partial charge in [0.25, 0.3) is 0 Å². The fourth-order valence-corrected chi connectivity index (χ4v) is 3.82. The molecule has 0 spiro atoms. The van der Waals surface area contributed by atoms with Gasteiger partial charge in [0.1, 0.15) is 12.6 Å². The standard InChI is InChI=1S/C24H28N2O5/c1-4-21(23(28)29)26-22(27)14(2)15(3)25-24(30)31-13-20-18-11-7-5-9-16(18)17-10-6-8-12-19(17)20/h5-12,14-15,20-21H,4,13H2,1-3H3,(H,25,30)(H,26,27)(H,28,29). The van der Waals surface area contributed by atoms with Crippen molar-refractivity contribution in [1.29, 1.82) is 0 Å². The van der Waals surface area contributed by atoms with Gasteiger partial charge in [-0.25, -0.2) is 9.59 Å². The van der Waals surface area contributed by atoms with Crippen LogP contribution in [-0.4, -0.2) is 41.8 Å². The highest BCUT2D eigenvalue weighted by molar-refractivity contribution is 5.85. The van der Waals surface area contributed by atoms with E-state index in [-0.39, 0.29) is 18.9 Å². The minimum absolute atomic E-state index is 0.0462. The number of carboxylic acid groups (broad SMARTS) is 1. The maximum Gasteiger partial charge on any atom is 0.407 e. The molecule has 3 N–H and O–H groups in total. The third-order valence-electron chi connectivity index (χ3n) is 5.88. The molecular weight excluding hydrogens is 396 g/mol. The average Bonchev–Trinajstić information content (AvgIpc) is 3.08. The number of aliphatic carboxylic acids is 1. The van der Waals surface area contributed by atoms with Crippen LogP contribution in [0.15, 0.2) is 48.5 Å². The Bertz CT molecular complexity index is 928. The Balaban J connectivity index is 1.58. The van der Waals surface area contributed by atoms with Gasteiger partial charge in [0, 0.05) is 12.0 Å². The zero-order valence-electron chi connectivity index (χ0n) is 17.9. The van der Waals surface area contributed by atoms with Gasteiger partial charge in [-0.15, -0.1) is 0 Å². The lowest BCUT2D eigenvalue weighted by atomic mass is 9.98. The smallest absolute Gasteiger partial charge is 0.407 e. The van der Waals surface area contributed by atoms with E-state index >= 15 is 0 Å². The molecule has 1 aliphatic rings. The molecule has 0 radical (unpaired) electrons. The first kappa shape index (κ1) is 22.3. The molecule has 0 saturated carbocycles. The lowest BCUT2D eigenvalue weighted by Crippen LogP contribution is -2.48. The monoisotopic (exact) mass is 424 g/mol. The maximum atomic E-state index is 12.4. The molecule has 3 unspecified atom stereocenters. The van der Waals surface area contributed by atoms with Crippen LogP contribution in [-0.2, 0) is 14.3 Å². The van der Waals surface area contributed by atoms with Crippen molar-refractivity contribution in [2.75, 3.05) is 6.61 Å². The maximum absolute atomic E-state index is 12.4. The number of alkyl carbamates (subject to hydrolysis) is 1. The fourth-order valence-electron chi connectivity index (χ4n) is 3.82. The highest BCUT2D eigenvalue weighted by Gasteiger charge is 2.30. The number of ether oxygens (including phenoxy) is 1. The molecule has 3 atom stereocenters. The predicted molar refractivity (Wildman–Crippen MR) is 117 cm³/mol. The summed E-state index contributed by atoms with van der Waals surface area (Å²) in [7, 11) is 0. The third-order valence-corrected chi connectivity index (χ3v) is 5.88. The Morgan fingerprint density at radius 3 is 2.03 bits per heavy atom. The summed E-state index contributed by atoms with van der Waals surface area (Å²) < 4.78 is 5.50. The normalized spacial score (nSPS) is 15.2. The quantitative estimate of drug-likeness (QED) is 0.601. The van der Waals surface area contributed by atoms with Crippen molar-refractivity contribution >= 4 is 18.0 Å². The van der Waals surface area contributed by atoms with E-state index in [1.807, 2.05) is 36.4 Å². The summed E-state index contributed by atoms with van der Waals surface area (Å²) in [6.07, 6.45) is -0.332.